The van der Waals surface area contributed by atoms with Gasteiger partial charge in [0.2, 0.25) is 0 Å². The number of aryl methyl sites for hydroxylation is 1. The highest BCUT2D eigenvalue weighted by atomic mass is 16.5. The van der Waals surface area contributed by atoms with Crippen molar-refractivity contribution in [1.29, 1.82) is 0 Å². The lowest BCUT2D eigenvalue weighted by Crippen LogP contribution is -2.04. The molecule has 1 aromatic carbocycles. The molecule has 0 aromatic heterocycles. The molecule has 0 N–H and O–H groups in total. The van der Waals surface area contributed by atoms with Gasteiger partial charge in [0.15, 0.2) is 0 Å². The van der Waals surface area contributed by atoms with Gasteiger partial charge in [-0.1, -0.05) is 140 Å². The summed E-state index contributed by atoms with van der Waals surface area (Å²) in [6.07, 6.45) is 49.2. The molecular weight excluding hydrogens is 617 g/mol. The summed E-state index contributed by atoms with van der Waals surface area (Å²) in [7, 11) is 1.44. The van der Waals surface area contributed by atoms with Crippen LogP contribution in [-0.4, -0.2) is 26.3 Å². The zero-order valence-corrected chi connectivity index (χ0v) is 32.8. The molecule has 0 aliphatic heterocycles. The molecule has 0 radical (unpaired) electrons. The van der Waals surface area contributed by atoms with Crippen molar-refractivity contribution >= 4 is 5.97 Å². The smallest absolute Gasteiger partial charge is 0.305 e. The average molecular weight is 693 g/mol. The maximum atomic E-state index is 11.8. The van der Waals surface area contributed by atoms with Crippen molar-refractivity contribution in [2.75, 3.05) is 20.3 Å². The first-order valence-corrected chi connectivity index (χ1v) is 20.8. The SMILES string of the molecule is CCCCC/C=C\C/C=C\CCCCCCCCOc1cc(CCC(=O)OC)cc(OCCCCCCCC/C=C\C/C=C\CCCCC)c1. The minimum Gasteiger partial charge on any atom is -0.493 e. The van der Waals surface area contributed by atoms with Crippen molar-refractivity contribution in [2.24, 2.45) is 0 Å². The third-order valence-electron chi connectivity index (χ3n) is 9.01. The van der Waals surface area contributed by atoms with Gasteiger partial charge in [-0.15, -0.1) is 0 Å². The molecule has 4 nitrogen and oxygen atoms in total. The monoisotopic (exact) mass is 693 g/mol. The first kappa shape index (κ1) is 45.3. The van der Waals surface area contributed by atoms with Crippen LogP contribution >= 0.6 is 0 Å². The van der Waals surface area contributed by atoms with Crippen molar-refractivity contribution in [3.8, 4) is 11.5 Å². The highest BCUT2D eigenvalue weighted by Crippen LogP contribution is 2.25. The van der Waals surface area contributed by atoms with Gasteiger partial charge < -0.3 is 14.2 Å². The van der Waals surface area contributed by atoms with Crippen LogP contribution in [0.3, 0.4) is 0 Å². The topological polar surface area (TPSA) is 44.8 Å². The molecular formula is C46H76O4. The maximum absolute atomic E-state index is 11.8. The molecule has 0 aliphatic carbocycles. The van der Waals surface area contributed by atoms with Gasteiger partial charge in [0, 0.05) is 12.5 Å². The Hall–Kier alpha value is -2.75. The predicted molar refractivity (Wildman–Crippen MR) is 216 cm³/mol. The molecule has 0 saturated heterocycles. The lowest BCUT2D eigenvalue weighted by molar-refractivity contribution is -0.140. The van der Waals surface area contributed by atoms with E-state index in [4.69, 9.17) is 14.2 Å². The second-order valence-corrected chi connectivity index (χ2v) is 13.8. The molecule has 0 atom stereocenters. The Balaban J connectivity index is 2.21. The number of methoxy groups -OCH3 is 1. The number of carbonyl (C=O) groups is 1. The Morgan fingerprint density at radius 1 is 0.500 bits per heavy atom. The largest absolute Gasteiger partial charge is 0.493 e. The minimum absolute atomic E-state index is 0.193. The highest BCUT2D eigenvalue weighted by molar-refractivity contribution is 5.69. The van der Waals surface area contributed by atoms with E-state index in [2.05, 4.69) is 62.5 Å². The molecule has 0 aliphatic rings. The van der Waals surface area contributed by atoms with Crippen LogP contribution in [0.25, 0.3) is 0 Å². The van der Waals surface area contributed by atoms with Gasteiger partial charge in [-0.2, -0.15) is 0 Å². The van der Waals surface area contributed by atoms with Gasteiger partial charge in [-0.3, -0.25) is 4.79 Å². The molecule has 4 heteroatoms. The highest BCUT2D eigenvalue weighted by Gasteiger charge is 2.07. The van der Waals surface area contributed by atoms with E-state index in [0.717, 1.165) is 42.7 Å². The Labute approximate surface area is 309 Å². The molecule has 0 amide bonds. The Kier molecular flexibility index (Phi) is 32.6. The first-order chi connectivity index (χ1) is 24.7. The molecule has 0 fully saturated rings. The van der Waals surface area contributed by atoms with Gasteiger partial charge in [0.25, 0.3) is 0 Å². The third kappa shape index (κ3) is 30.1. The number of allylic oxidation sites excluding steroid dienone is 8. The summed E-state index contributed by atoms with van der Waals surface area (Å²) in [5.74, 6) is 1.48. The molecule has 0 heterocycles. The van der Waals surface area contributed by atoms with E-state index < -0.39 is 0 Å². The van der Waals surface area contributed by atoms with Crippen LogP contribution in [0.1, 0.15) is 180 Å². The fraction of sp³-hybridized carbons (Fsp3) is 0.674. The third-order valence-corrected chi connectivity index (χ3v) is 9.01. The van der Waals surface area contributed by atoms with Crippen molar-refractivity contribution in [3.63, 3.8) is 0 Å². The van der Waals surface area contributed by atoms with Crippen molar-refractivity contribution in [3.05, 3.63) is 72.4 Å². The van der Waals surface area contributed by atoms with E-state index >= 15 is 0 Å². The van der Waals surface area contributed by atoms with Crippen LogP contribution in [0.5, 0.6) is 11.5 Å². The van der Waals surface area contributed by atoms with Crippen LogP contribution < -0.4 is 9.47 Å². The summed E-state index contributed by atoms with van der Waals surface area (Å²) in [6.45, 7) is 5.93. The summed E-state index contributed by atoms with van der Waals surface area (Å²) in [6, 6.07) is 6.10. The van der Waals surface area contributed by atoms with Crippen LogP contribution in [0, 0.1) is 0 Å². The molecule has 50 heavy (non-hydrogen) atoms. The van der Waals surface area contributed by atoms with E-state index in [1.807, 2.05) is 18.2 Å². The van der Waals surface area contributed by atoms with Crippen LogP contribution in [0.2, 0.25) is 0 Å². The maximum Gasteiger partial charge on any atom is 0.305 e. The van der Waals surface area contributed by atoms with E-state index in [-0.39, 0.29) is 5.97 Å². The first-order valence-electron chi connectivity index (χ1n) is 20.8. The molecule has 0 spiro atoms. The number of hydrogen-bond acceptors (Lipinski definition) is 4. The van der Waals surface area contributed by atoms with Crippen molar-refractivity contribution in [1.82, 2.24) is 0 Å². The number of hydrogen-bond donors (Lipinski definition) is 0. The van der Waals surface area contributed by atoms with Gasteiger partial charge >= 0.3 is 5.97 Å². The zero-order valence-electron chi connectivity index (χ0n) is 32.8. The lowest BCUT2D eigenvalue weighted by Gasteiger charge is -2.13. The second-order valence-electron chi connectivity index (χ2n) is 13.8. The standard InChI is InChI=1S/C46H76O4/c1-4-6-8-10-12-14-16-18-20-22-24-26-28-30-32-34-38-49-44-40-43(36-37-46(47)48-3)41-45(42-44)50-39-35-33-31-29-27-25-23-21-19-17-15-13-11-9-7-5-2/h12-15,18-21,40-42H,4-11,16-17,22-39H2,1-3H3/b14-12-,15-13-,20-18-,21-19-. The fourth-order valence-electron chi connectivity index (χ4n) is 5.85. The molecule has 284 valence electrons. The zero-order chi connectivity index (χ0) is 36.0. The predicted octanol–water partition coefficient (Wildman–Crippen LogP) is 14.2. The summed E-state index contributed by atoms with van der Waals surface area (Å²) in [5.41, 5.74) is 1.05. The summed E-state index contributed by atoms with van der Waals surface area (Å²) in [5, 5.41) is 0. The normalized spacial score (nSPS) is 11.9. The van der Waals surface area contributed by atoms with Gasteiger partial charge in [0.05, 0.1) is 20.3 Å². The Morgan fingerprint density at radius 2 is 0.880 bits per heavy atom. The van der Waals surface area contributed by atoms with Crippen LogP contribution in [0.15, 0.2) is 66.8 Å². The van der Waals surface area contributed by atoms with Crippen LogP contribution in [0.4, 0.5) is 0 Å². The average Bonchev–Trinajstić information content (AvgIpc) is 3.13. The molecule has 0 unspecified atom stereocenters. The number of benzene rings is 1. The van der Waals surface area contributed by atoms with Gasteiger partial charge in [-0.25, -0.2) is 0 Å². The van der Waals surface area contributed by atoms with Crippen molar-refractivity contribution < 1.29 is 19.0 Å². The Bertz CT molecular complexity index is 953. The van der Waals surface area contributed by atoms with Crippen molar-refractivity contribution in [2.45, 2.75) is 181 Å². The van der Waals surface area contributed by atoms with E-state index in [0.29, 0.717) is 26.1 Å². The lowest BCUT2D eigenvalue weighted by atomic mass is 10.1. The fourth-order valence-corrected chi connectivity index (χ4v) is 5.85. The minimum atomic E-state index is -0.193. The number of esters is 1. The molecule has 1 aromatic rings. The van der Waals surface area contributed by atoms with E-state index in [1.54, 1.807) is 0 Å². The number of carbonyl (C=O) groups excluding carboxylic acids is 1. The molecule has 0 bridgehead atoms. The van der Waals surface area contributed by atoms with E-state index in [1.165, 1.54) is 136 Å². The summed E-state index contributed by atoms with van der Waals surface area (Å²) < 4.78 is 17.2. The number of unbranched alkanes of at least 4 members (excludes halogenated alkanes) is 18. The number of rotatable bonds is 35. The summed E-state index contributed by atoms with van der Waals surface area (Å²) >= 11 is 0. The van der Waals surface area contributed by atoms with Gasteiger partial charge in [0.1, 0.15) is 11.5 Å². The number of ether oxygens (including phenoxy) is 3. The van der Waals surface area contributed by atoms with Crippen LogP contribution in [-0.2, 0) is 16.0 Å². The van der Waals surface area contributed by atoms with E-state index in [9.17, 15) is 4.79 Å². The molecule has 0 saturated carbocycles. The second kappa shape index (κ2) is 36.1. The quantitative estimate of drug-likeness (QED) is 0.0403. The Morgan fingerprint density at radius 3 is 1.28 bits per heavy atom. The van der Waals surface area contributed by atoms with Gasteiger partial charge in [-0.05, 0) is 101 Å². The summed E-state index contributed by atoms with van der Waals surface area (Å²) in [4.78, 5) is 11.8. The molecule has 1 rings (SSSR count).